The second-order valence-corrected chi connectivity index (χ2v) is 5.83. The van der Waals surface area contributed by atoms with Gasteiger partial charge in [-0.05, 0) is 43.0 Å². The molecule has 0 heterocycles. The zero-order valence-corrected chi connectivity index (χ0v) is 12.1. The largest absolute Gasteiger partial charge is 0.466 e. The molecule has 6 heteroatoms. The Balaban J connectivity index is 1.65. The number of hydrogen-bond donors (Lipinski definition) is 0. The first-order valence-corrected chi connectivity index (χ1v) is 7.24. The van der Waals surface area contributed by atoms with Crippen LogP contribution in [0.3, 0.4) is 0 Å². The molecule has 0 saturated heterocycles. The van der Waals surface area contributed by atoms with Gasteiger partial charge in [-0.25, -0.2) is 13.6 Å². The van der Waals surface area contributed by atoms with Gasteiger partial charge in [-0.15, -0.1) is 0 Å². The Morgan fingerprint density at radius 2 is 2.00 bits per heavy atom. The smallest absolute Gasteiger partial charge is 0.347 e. The Labute approximate surface area is 126 Å². The molecule has 3 rings (SSSR count). The molecule has 2 aliphatic carbocycles. The van der Waals surface area contributed by atoms with Gasteiger partial charge in [0.05, 0.1) is 13.0 Å². The molecule has 1 aromatic carbocycles. The van der Waals surface area contributed by atoms with E-state index < -0.39 is 35.6 Å². The van der Waals surface area contributed by atoms with Crippen molar-refractivity contribution in [1.82, 2.24) is 0 Å². The molecule has 0 amide bonds. The number of carbonyl (C=O) groups is 2. The quantitative estimate of drug-likeness (QED) is 0.784. The van der Waals surface area contributed by atoms with Crippen molar-refractivity contribution in [3.63, 3.8) is 0 Å². The van der Waals surface area contributed by atoms with Gasteiger partial charge in [0, 0.05) is 11.8 Å². The summed E-state index contributed by atoms with van der Waals surface area (Å²) in [7, 11) is 1.24. The normalized spacial score (nSPS) is 24.5. The lowest BCUT2D eigenvalue weighted by atomic mass is 10.1. The first-order valence-electron chi connectivity index (χ1n) is 7.24. The molecule has 22 heavy (non-hydrogen) atoms. The highest BCUT2D eigenvalue weighted by Gasteiger charge is 2.49. The highest BCUT2D eigenvalue weighted by atomic mass is 19.1. The van der Waals surface area contributed by atoms with Crippen LogP contribution in [-0.4, -0.2) is 25.2 Å². The highest BCUT2D eigenvalue weighted by Crippen LogP contribution is 2.49. The monoisotopic (exact) mass is 310 g/mol. The van der Waals surface area contributed by atoms with E-state index in [4.69, 9.17) is 4.74 Å². The number of ether oxygens (including phenoxy) is 2. The SMILES string of the molecule is COC(=O)[C@H](OC(=O)[C@@H]1C[C@H]1c1cc(F)ccc1F)C1CC1. The Bertz CT molecular complexity index is 612. The molecule has 0 radical (unpaired) electrons. The minimum absolute atomic E-state index is 0.0134. The van der Waals surface area contributed by atoms with Crippen molar-refractivity contribution in [2.45, 2.75) is 31.3 Å². The molecule has 2 aliphatic rings. The number of methoxy groups -OCH3 is 1. The van der Waals surface area contributed by atoms with Crippen LogP contribution in [0.2, 0.25) is 0 Å². The van der Waals surface area contributed by atoms with Gasteiger partial charge in [0.25, 0.3) is 0 Å². The minimum Gasteiger partial charge on any atom is -0.466 e. The number of rotatable bonds is 5. The van der Waals surface area contributed by atoms with Gasteiger partial charge in [-0.1, -0.05) is 0 Å². The first kappa shape index (κ1) is 14.9. The van der Waals surface area contributed by atoms with Crippen LogP contribution in [0, 0.1) is 23.5 Å². The molecule has 118 valence electrons. The maximum Gasteiger partial charge on any atom is 0.347 e. The molecule has 0 aliphatic heterocycles. The van der Waals surface area contributed by atoms with Crippen molar-refractivity contribution in [3.05, 3.63) is 35.4 Å². The number of esters is 2. The van der Waals surface area contributed by atoms with Crippen LogP contribution in [0.15, 0.2) is 18.2 Å². The summed E-state index contributed by atoms with van der Waals surface area (Å²) in [5.41, 5.74) is 0.183. The summed E-state index contributed by atoms with van der Waals surface area (Å²) in [6.45, 7) is 0. The molecule has 2 saturated carbocycles. The van der Waals surface area contributed by atoms with Crippen molar-refractivity contribution in [1.29, 1.82) is 0 Å². The van der Waals surface area contributed by atoms with Crippen LogP contribution in [0.25, 0.3) is 0 Å². The summed E-state index contributed by atoms with van der Waals surface area (Å²) < 4.78 is 36.8. The van der Waals surface area contributed by atoms with Crippen LogP contribution in [0.5, 0.6) is 0 Å². The fraction of sp³-hybridized carbons (Fsp3) is 0.500. The van der Waals surface area contributed by atoms with Crippen molar-refractivity contribution in [2.24, 2.45) is 11.8 Å². The molecule has 3 atom stereocenters. The summed E-state index contributed by atoms with van der Waals surface area (Å²) in [6.07, 6.45) is 1.16. The second kappa shape index (κ2) is 5.66. The van der Waals surface area contributed by atoms with E-state index in [1.54, 1.807) is 0 Å². The minimum atomic E-state index is -0.879. The predicted molar refractivity (Wildman–Crippen MR) is 71.8 cm³/mol. The zero-order valence-electron chi connectivity index (χ0n) is 12.1. The maximum atomic E-state index is 13.7. The number of hydrogen-bond acceptors (Lipinski definition) is 4. The molecule has 0 unspecified atom stereocenters. The van der Waals surface area contributed by atoms with Crippen LogP contribution in [0.4, 0.5) is 8.78 Å². The van der Waals surface area contributed by atoms with Gasteiger partial charge >= 0.3 is 11.9 Å². The first-order chi connectivity index (χ1) is 10.5. The Morgan fingerprint density at radius 1 is 1.27 bits per heavy atom. The maximum absolute atomic E-state index is 13.7. The average molecular weight is 310 g/mol. The third-order valence-corrected chi connectivity index (χ3v) is 4.18. The molecule has 0 N–H and O–H groups in total. The summed E-state index contributed by atoms with van der Waals surface area (Å²) in [5.74, 6) is -3.09. The lowest BCUT2D eigenvalue weighted by molar-refractivity contribution is -0.168. The molecular weight excluding hydrogens is 294 g/mol. The van der Waals surface area contributed by atoms with Gasteiger partial charge in [0.2, 0.25) is 6.10 Å². The van der Waals surface area contributed by atoms with Crippen LogP contribution >= 0.6 is 0 Å². The van der Waals surface area contributed by atoms with Crippen molar-refractivity contribution in [2.75, 3.05) is 7.11 Å². The van der Waals surface area contributed by atoms with E-state index in [9.17, 15) is 18.4 Å². The van der Waals surface area contributed by atoms with E-state index in [1.165, 1.54) is 7.11 Å². The number of carbonyl (C=O) groups excluding carboxylic acids is 2. The van der Waals surface area contributed by atoms with Crippen LogP contribution < -0.4 is 0 Å². The molecule has 0 aromatic heterocycles. The molecule has 0 bridgehead atoms. The fourth-order valence-electron chi connectivity index (χ4n) is 2.66. The summed E-state index contributed by atoms with van der Waals surface area (Å²) in [4.78, 5) is 23.7. The van der Waals surface area contributed by atoms with E-state index in [2.05, 4.69) is 4.74 Å². The van der Waals surface area contributed by atoms with E-state index in [0.29, 0.717) is 6.42 Å². The van der Waals surface area contributed by atoms with E-state index in [0.717, 1.165) is 31.0 Å². The Kier molecular flexibility index (Phi) is 3.85. The predicted octanol–water partition coefficient (Wildman–Crippen LogP) is 2.56. The second-order valence-electron chi connectivity index (χ2n) is 5.83. The van der Waals surface area contributed by atoms with E-state index in [-0.39, 0.29) is 17.4 Å². The Hall–Kier alpha value is -1.98. The third-order valence-electron chi connectivity index (χ3n) is 4.18. The third kappa shape index (κ3) is 2.96. The lowest BCUT2D eigenvalue weighted by Gasteiger charge is -2.15. The van der Waals surface area contributed by atoms with Crippen molar-refractivity contribution in [3.8, 4) is 0 Å². The standard InChI is InChI=1S/C16H16F2O4/c1-21-16(20)14(8-2-3-8)22-15(19)12-7-10(12)11-6-9(17)4-5-13(11)18/h4-6,8,10,12,14H,2-3,7H2,1H3/t10-,12+,14+/m0/s1. The zero-order chi connectivity index (χ0) is 15.9. The van der Waals surface area contributed by atoms with Gasteiger partial charge in [0.1, 0.15) is 11.6 Å². The summed E-state index contributed by atoms with van der Waals surface area (Å²) in [6, 6.07) is 3.19. The van der Waals surface area contributed by atoms with Crippen LogP contribution in [-0.2, 0) is 19.1 Å². The number of benzene rings is 1. The van der Waals surface area contributed by atoms with Gasteiger partial charge in [-0.2, -0.15) is 0 Å². The molecule has 1 aromatic rings. The van der Waals surface area contributed by atoms with Gasteiger partial charge in [-0.3, -0.25) is 4.79 Å². The highest BCUT2D eigenvalue weighted by molar-refractivity contribution is 5.83. The molecule has 4 nitrogen and oxygen atoms in total. The fourth-order valence-corrected chi connectivity index (χ4v) is 2.66. The molecular formula is C16H16F2O4. The number of halogens is 2. The van der Waals surface area contributed by atoms with Gasteiger partial charge in [0.15, 0.2) is 0 Å². The van der Waals surface area contributed by atoms with Crippen molar-refractivity contribution < 1.29 is 27.8 Å². The molecule has 2 fully saturated rings. The Morgan fingerprint density at radius 3 is 2.64 bits per heavy atom. The lowest BCUT2D eigenvalue weighted by Crippen LogP contribution is -2.31. The molecule has 0 spiro atoms. The average Bonchev–Trinajstić information content (AvgIpc) is 3.38. The van der Waals surface area contributed by atoms with Gasteiger partial charge < -0.3 is 9.47 Å². The van der Waals surface area contributed by atoms with E-state index in [1.807, 2.05) is 0 Å². The van der Waals surface area contributed by atoms with E-state index >= 15 is 0 Å². The van der Waals surface area contributed by atoms with Crippen molar-refractivity contribution >= 4 is 11.9 Å². The van der Waals surface area contributed by atoms with Crippen LogP contribution in [0.1, 0.15) is 30.7 Å². The topological polar surface area (TPSA) is 52.6 Å². The summed E-state index contributed by atoms with van der Waals surface area (Å²) >= 11 is 0. The summed E-state index contributed by atoms with van der Waals surface area (Å²) in [5, 5.41) is 0.